The SMILES string of the molecule is CCc1nc2nnc3c(=O)n(CCc4ccc(OC)cc4)ccc3n2n1. The maximum Gasteiger partial charge on any atom is 0.280 e. The van der Waals surface area contributed by atoms with Gasteiger partial charge in [-0.3, -0.25) is 4.79 Å². The van der Waals surface area contributed by atoms with E-state index >= 15 is 0 Å². The van der Waals surface area contributed by atoms with Crippen LogP contribution in [0.4, 0.5) is 0 Å². The van der Waals surface area contributed by atoms with Gasteiger partial charge in [-0.2, -0.15) is 9.50 Å². The second kappa shape index (κ2) is 6.55. The van der Waals surface area contributed by atoms with E-state index in [1.54, 1.807) is 22.4 Å². The summed E-state index contributed by atoms with van der Waals surface area (Å²) in [5.41, 5.74) is 1.86. The number of methoxy groups -OCH3 is 1. The van der Waals surface area contributed by atoms with Crippen molar-refractivity contribution < 1.29 is 4.74 Å². The summed E-state index contributed by atoms with van der Waals surface area (Å²) in [6.45, 7) is 2.52. The van der Waals surface area contributed by atoms with Crippen molar-refractivity contribution in [3.05, 3.63) is 58.3 Å². The molecule has 4 rings (SSSR count). The molecule has 8 heteroatoms. The minimum Gasteiger partial charge on any atom is -0.497 e. The minimum atomic E-state index is -0.182. The highest BCUT2D eigenvalue weighted by Crippen LogP contribution is 2.13. The number of pyridine rings is 1. The molecule has 1 aromatic carbocycles. The molecule has 8 nitrogen and oxygen atoms in total. The van der Waals surface area contributed by atoms with E-state index in [2.05, 4.69) is 20.3 Å². The zero-order chi connectivity index (χ0) is 18.1. The van der Waals surface area contributed by atoms with E-state index in [0.29, 0.717) is 35.6 Å². The first-order chi connectivity index (χ1) is 12.7. The number of benzene rings is 1. The van der Waals surface area contributed by atoms with Crippen molar-refractivity contribution in [2.75, 3.05) is 7.11 Å². The molecule has 0 saturated heterocycles. The second-order valence-electron chi connectivity index (χ2n) is 5.94. The molecule has 0 aliphatic carbocycles. The normalized spacial score (nSPS) is 11.3. The topological polar surface area (TPSA) is 87.2 Å². The summed E-state index contributed by atoms with van der Waals surface area (Å²) in [5, 5.41) is 12.5. The van der Waals surface area contributed by atoms with Gasteiger partial charge in [0.15, 0.2) is 11.3 Å². The molecule has 0 bridgehead atoms. The van der Waals surface area contributed by atoms with Crippen molar-refractivity contribution in [3.8, 4) is 5.75 Å². The molecule has 26 heavy (non-hydrogen) atoms. The molecule has 0 spiro atoms. The third kappa shape index (κ3) is 2.79. The molecule has 0 fully saturated rings. The summed E-state index contributed by atoms with van der Waals surface area (Å²) in [7, 11) is 1.64. The monoisotopic (exact) mass is 350 g/mol. The van der Waals surface area contributed by atoms with Crippen LogP contribution in [0.25, 0.3) is 16.8 Å². The predicted octanol–water partition coefficient (Wildman–Crippen LogP) is 1.65. The van der Waals surface area contributed by atoms with Crippen LogP contribution in [0.15, 0.2) is 41.3 Å². The Morgan fingerprint density at radius 1 is 1.12 bits per heavy atom. The van der Waals surface area contributed by atoms with E-state index in [9.17, 15) is 4.79 Å². The summed E-state index contributed by atoms with van der Waals surface area (Å²) in [6.07, 6.45) is 3.20. The molecule has 0 saturated carbocycles. The minimum absolute atomic E-state index is 0.182. The Balaban J connectivity index is 1.66. The van der Waals surface area contributed by atoms with Gasteiger partial charge in [-0.25, -0.2) is 0 Å². The highest BCUT2D eigenvalue weighted by atomic mass is 16.5. The molecule has 3 aromatic heterocycles. The van der Waals surface area contributed by atoms with E-state index in [-0.39, 0.29) is 5.56 Å². The average Bonchev–Trinajstić information content (AvgIpc) is 3.11. The number of aromatic nitrogens is 6. The van der Waals surface area contributed by atoms with Crippen molar-refractivity contribution in [1.29, 1.82) is 0 Å². The summed E-state index contributed by atoms with van der Waals surface area (Å²) < 4.78 is 8.38. The largest absolute Gasteiger partial charge is 0.497 e. The molecule has 0 N–H and O–H groups in total. The van der Waals surface area contributed by atoms with E-state index < -0.39 is 0 Å². The first-order valence-corrected chi connectivity index (χ1v) is 8.44. The lowest BCUT2D eigenvalue weighted by molar-refractivity contribution is 0.414. The van der Waals surface area contributed by atoms with Crippen LogP contribution in [0.2, 0.25) is 0 Å². The van der Waals surface area contributed by atoms with Crippen LogP contribution in [0.1, 0.15) is 18.3 Å². The highest BCUT2D eigenvalue weighted by molar-refractivity contribution is 5.74. The molecule has 0 amide bonds. The van der Waals surface area contributed by atoms with Gasteiger partial charge in [0, 0.05) is 19.2 Å². The van der Waals surface area contributed by atoms with Gasteiger partial charge in [-0.1, -0.05) is 19.1 Å². The van der Waals surface area contributed by atoms with Gasteiger partial charge in [0.1, 0.15) is 11.3 Å². The molecule has 0 atom stereocenters. The molecular formula is C18H18N6O2. The van der Waals surface area contributed by atoms with E-state index in [0.717, 1.165) is 17.7 Å². The Hall–Kier alpha value is -3.29. The molecule has 0 aliphatic rings. The maximum absolute atomic E-state index is 12.7. The Kier molecular flexibility index (Phi) is 4.08. The lowest BCUT2D eigenvalue weighted by Gasteiger charge is -2.08. The number of aryl methyl sites for hydroxylation is 3. The Labute approximate surface area is 149 Å². The number of hydrogen-bond donors (Lipinski definition) is 0. The van der Waals surface area contributed by atoms with Crippen molar-refractivity contribution in [2.45, 2.75) is 26.3 Å². The van der Waals surface area contributed by atoms with Gasteiger partial charge in [-0.15, -0.1) is 15.3 Å². The number of fused-ring (bicyclic) bond motifs is 3. The number of ether oxygens (including phenoxy) is 1. The van der Waals surface area contributed by atoms with Crippen LogP contribution in [0.3, 0.4) is 0 Å². The summed E-state index contributed by atoms with van der Waals surface area (Å²) in [4.78, 5) is 17.0. The quantitative estimate of drug-likeness (QED) is 0.544. The zero-order valence-electron chi connectivity index (χ0n) is 14.6. The van der Waals surface area contributed by atoms with Gasteiger partial charge in [0.2, 0.25) is 0 Å². The fourth-order valence-corrected chi connectivity index (χ4v) is 2.85. The van der Waals surface area contributed by atoms with Gasteiger partial charge < -0.3 is 9.30 Å². The van der Waals surface area contributed by atoms with Gasteiger partial charge in [0.25, 0.3) is 11.3 Å². The van der Waals surface area contributed by atoms with Crippen molar-refractivity contribution in [2.24, 2.45) is 0 Å². The highest BCUT2D eigenvalue weighted by Gasteiger charge is 2.12. The Morgan fingerprint density at radius 3 is 2.65 bits per heavy atom. The standard InChI is InChI=1S/C18H18N6O2/c1-3-15-19-18-21-20-16-14(24(18)22-15)9-11-23(17(16)25)10-8-12-4-6-13(26-2)7-5-12/h4-7,9,11H,3,8,10H2,1-2H3. The van der Waals surface area contributed by atoms with Crippen LogP contribution in [-0.2, 0) is 19.4 Å². The van der Waals surface area contributed by atoms with Crippen LogP contribution >= 0.6 is 0 Å². The van der Waals surface area contributed by atoms with Crippen LogP contribution in [0, 0.1) is 0 Å². The maximum atomic E-state index is 12.7. The average molecular weight is 350 g/mol. The lowest BCUT2D eigenvalue weighted by Crippen LogP contribution is -2.22. The van der Waals surface area contributed by atoms with Crippen LogP contribution in [-0.4, -0.2) is 36.5 Å². The van der Waals surface area contributed by atoms with Gasteiger partial charge in [0.05, 0.1) is 7.11 Å². The summed E-state index contributed by atoms with van der Waals surface area (Å²) in [5.74, 6) is 1.90. The second-order valence-corrected chi connectivity index (χ2v) is 5.94. The van der Waals surface area contributed by atoms with Crippen LogP contribution in [0.5, 0.6) is 5.75 Å². The molecular weight excluding hydrogens is 332 g/mol. The molecule has 0 unspecified atom stereocenters. The molecule has 0 radical (unpaired) electrons. The van der Waals surface area contributed by atoms with Crippen molar-refractivity contribution in [1.82, 2.24) is 29.4 Å². The Morgan fingerprint density at radius 2 is 1.92 bits per heavy atom. The van der Waals surface area contributed by atoms with Gasteiger partial charge in [-0.05, 0) is 30.2 Å². The summed E-state index contributed by atoms with van der Waals surface area (Å²) in [6, 6.07) is 9.65. The lowest BCUT2D eigenvalue weighted by atomic mass is 10.1. The fraction of sp³-hybridized carbons (Fsp3) is 0.278. The number of nitrogens with zero attached hydrogens (tertiary/aromatic N) is 6. The smallest absolute Gasteiger partial charge is 0.280 e. The number of hydrogen-bond acceptors (Lipinski definition) is 6. The molecule has 4 aromatic rings. The van der Waals surface area contributed by atoms with E-state index in [1.807, 2.05) is 37.3 Å². The van der Waals surface area contributed by atoms with Crippen molar-refractivity contribution >= 4 is 16.8 Å². The first-order valence-electron chi connectivity index (χ1n) is 8.44. The third-order valence-corrected chi connectivity index (χ3v) is 4.34. The summed E-state index contributed by atoms with van der Waals surface area (Å²) >= 11 is 0. The molecule has 0 aliphatic heterocycles. The fourth-order valence-electron chi connectivity index (χ4n) is 2.85. The Bertz CT molecular complexity index is 1130. The van der Waals surface area contributed by atoms with E-state index in [1.165, 1.54) is 0 Å². The van der Waals surface area contributed by atoms with Gasteiger partial charge >= 0.3 is 0 Å². The third-order valence-electron chi connectivity index (χ3n) is 4.34. The van der Waals surface area contributed by atoms with E-state index in [4.69, 9.17) is 4.74 Å². The van der Waals surface area contributed by atoms with Crippen molar-refractivity contribution in [3.63, 3.8) is 0 Å². The molecule has 132 valence electrons. The first kappa shape index (κ1) is 16.2. The number of rotatable bonds is 5. The molecule has 3 heterocycles. The zero-order valence-corrected chi connectivity index (χ0v) is 14.6. The predicted molar refractivity (Wildman–Crippen MR) is 96.4 cm³/mol. The van der Waals surface area contributed by atoms with Crippen LogP contribution < -0.4 is 10.3 Å².